The van der Waals surface area contributed by atoms with Crippen molar-refractivity contribution in [1.29, 1.82) is 0 Å². The van der Waals surface area contributed by atoms with Gasteiger partial charge >= 0.3 is 0 Å². The van der Waals surface area contributed by atoms with E-state index in [1.54, 1.807) is 17.5 Å². The monoisotopic (exact) mass is 396 g/mol. The van der Waals surface area contributed by atoms with Crippen LogP contribution in [0.4, 0.5) is 10.8 Å². The minimum absolute atomic E-state index is 0.0927. The lowest BCUT2D eigenvalue weighted by Gasteiger charge is -2.15. The maximum atomic E-state index is 12.3. The summed E-state index contributed by atoms with van der Waals surface area (Å²) in [4.78, 5) is 18.2. The third kappa shape index (κ3) is 6.40. The van der Waals surface area contributed by atoms with Crippen molar-refractivity contribution in [2.45, 2.75) is 31.1 Å². The van der Waals surface area contributed by atoms with Gasteiger partial charge in [0, 0.05) is 30.2 Å². The maximum absolute atomic E-state index is 12.3. The predicted molar refractivity (Wildman–Crippen MR) is 105 cm³/mol. The summed E-state index contributed by atoms with van der Waals surface area (Å²) in [6, 6.07) is 6.07. The highest BCUT2D eigenvalue weighted by Gasteiger charge is 2.15. The van der Waals surface area contributed by atoms with Gasteiger partial charge < -0.3 is 10.2 Å². The van der Waals surface area contributed by atoms with Crippen LogP contribution in [0, 0.1) is 0 Å². The van der Waals surface area contributed by atoms with E-state index in [-0.39, 0.29) is 10.8 Å². The SMILES string of the molecule is CCCCN(C)CCC(=O)Nc1ccc(S(=O)(=O)Nc2nccs2)cc1. The molecular formula is C17H24N4O3S2. The van der Waals surface area contributed by atoms with Crippen molar-refractivity contribution in [2.24, 2.45) is 0 Å². The fraction of sp³-hybridized carbons (Fsp3) is 0.412. The first-order valence-corrected chi connectivity index (χ1v) is 10.8. The van der Waals surface area contributed by atoms with Gasteiger partial charge in [-0.15, -0.1) is 11.3 Å². The summed E-state index contributed by atoms with van der Waals surface area (Å²) in [5.41, 5.74) is 0.569. The molecule has 0 atom stereocenters. The molecule has 0 saturated heterocycles. The molecule has 0 fully saturated rings. The molecule has 0 bridgehead atoms. The normalized spacial score (nSPS) is 11.5. The summed E-state index contributed by atoms with van der Waals surface area (Å²) < 4.78 is 26.9. The zero-order valence-electron chi connectivity index (χ0n) is 14.9. The molecule has 1 heterocycles. The molecule has 0 unspecified atom stereocenters. The van der Waals surface area contributed by atoms with Gasteiger partial charge in [0.1, 0.15) is 0 Å². The second-order valence-corrected chi connectivity index (χ2v) is 8.50. The number of nitrogens with zero attached hydrogens (tertiary/aromatic N) is 2. The van der Waals surface area contributed by atoms with E-state index >= 15 is 0 Å². The van der Waals surface area contributed by atoms with Gasteiger partial charge in [-0.05, 0) is 44.3 Å². The number of rotatable bonds is 10. The molecule has 0 radical (unpaired) electrons. The highest BCUT2D eigenvalue weighted by Crippen LogP contribution is 2.19. The second kappa shape index (κ2) is 9.65. The number of anilines is 2. The third-order valence-electron chi connectivity index (χ3n) is 3.72. The molecule has 1 aromatic heterocycles. The number of unbranched alkanes of at least 4 members (excludes halogenated alkanes) is 1. The van der Waals surface area contributed by atoms with Crippen LogP contribution in [0.3, 0.4) is 0 Å². The van der Waals surface area contributed by atoms with Gasteiger partial charge in [-0.3, -0.25) is 9.52 Å². The van der Waals surface area contributed by atoms with Crippen LogP contribution in [0.2, 0.25) is 0 Å². The molecule has 1 aromatic carbocycles. The van der Waals surface area contributed by atoms with Crippen LogP contribution in [0.25, 0.3) is 0 Å². The molecule has 7 nitrogen and oxygen atoms in total. The largest absolute Gasteiger partial charge is 0.326 e. The standard InChI is InChI=1S/C17H24N4O3S2/c1-3-4-11-21(2)12-9-16(22)19-14-5-7-15(8-6-14)26(23,24)20-17-18-10-13-25-17/h5-8,10,13H,3-4,9,11-12H2,1-2H3,(H,18,20)(H,19,22). The fourth-order valence-corrected chi connectivity index (χ4v) is 4.01. The minimum Gasteiger partial charge on any atom is -0.326 e. The van der Waals surface area contributed by atoms with Crippen molar-refractivity contribution in [3.8, 4) is 0 Å². The van der Waals surface area contributed by atoms with Crippen molar-refractivity contribution in [3.05, 3.63) is 35.8 Å². The number of hydrogen-bond acceptors (Lipinski definition) is 6. The van der Waals surface area contributed by atoms with Gasteiger partial charge in [-0.1, -0.05) is 13.3 Å². The molecule has 0 aliphatic rings. The Morgan fingerprint density at radius 2 is 1.96 bits per heavy atom. The number of carbonyl (C=O) groups is 1. The number of sulfonamides is 1. The van der Waals surface area contributed by atoms with Gasteiger partial charge in [0.05, 0.1) is 4.90 Å². The Balaban J connectivity index is 1.87. The van der Waals surface area contributed by atoms with Gasteiger partial charge in [0.15, 0.2) is 5.13 Å². The van der Waals surface area contributed by atoms with Crippen molar-refractivity contribution in [2.75, 3.05) is 30.2 Å². The molecule has 26 heavy (non-hydrogen) atoms. The van der Waals surface area contributed by atoms with E-state index in [1.165, 1.54) is 29.7 Å². The average Bonchev–Trinajstić information content (AvgIpc) is 3.11. The van der Waals surface area contributed by atoms with Crippen LogP contribution in [0.15, 0.2) is 40.7 Å². The number of carbonyl (C=O) groups excluding carboxylic acids is 1. The van der Waals surface area contributed by atoms with E-state index in [9.17, 15) is 13.2 Å². The molecule has 2 rings (SSSR count). The van der Waals surface area contributed by atoms with Crippen LogP contribution < -0.4 is 10.0 Å². The van der Waals surface area contributed by atoms with Crippen molar-refractivity contribution in [3.63, 3.8) is 0 Å². The van der Waals surface area contributed by atoms with E-state index in [4.69, 9.17) is 0 Å². The van der Waals surface area contributed by atoms with Crippen LogP contribution in [-0.4, -0.2) is 44.3 Å². The molecule has 0 spiro atoms. The first-order chi connectivity index (χ1) is 12.4. The van der Waals surface area contributed by atoms with Crippen molar-refractivity contribution < 1.29 is 13.2 Å². The number of amides is 1. The minimum atomic E-state index is -3.68. The summed E-state index contributed by atoms with van der Waals surface area (Å²) in [5.74, 6) is -0.0927. The van der Waals surface area contributed by atoms with Gasteiger partial charge in [-0.2, -0.15) is 0 Å². The third-order valence-corrected chi connectivity index (χ3v) is 5.89. The average molecular weight is 397 g/mol. The second-order valence-electron chi connectivity index (χ2n) is 5.92. The van der Waals surface area contributed by atoms with Crippen LogP contribution in [0.5, 0.6) is 0 Å². The molecule has 2 aromatic rings. The highest BCUT2D eigenvalue weighted by atomic mass is 32.2. The Bertz CT molecular complexity index is 790. The van der Waals surface area contributed by atoms with E-state index < -0.39 is 10.0 Å². The van der Waals surface area contributed by atoms with Crippen LogP contribution in [0.1, 0.15) is 26.2 Å². The first kappa shape index (κ1) is 20.3. The lowest BCUT2D eigenvalue weighted by atomic mass is 10.3. The quantitative estimate of drug-likeness (QED) is 0.644. The molecule has 0 aliphatic heterocycles. The van der Waals surface area contributed by atoms with E-state index in [2.05, 4.69) is 26.8 Å². The molecule has 2 N–H and O–H groups in total. The van der Waals surface area contributed by atoms with Crippen LogP contribution >= 0.6 is 11.3 Å². The number of aromatic nitrogens is 1. The number of benzene rings is 1. The zero-order valence-corrected chi connectivity index (χ0v) is 16.6. The van der Waals surface area contributed by atoms with Crippen molar-refractivity contribution in [1.82, 2.24) is 9.88 Å². The lowest BCUT2D eigenvalue weighted by Crippen LogP contribution is -2.25. The summed E-state index contributed by atoms with van der Waals surface area (Å²) in [6.45, 7) is 3.80. The predicted octanol–water partition coefficient (Wildman–Crippen LogP) is 3.00. The topological polar surface area (TPSA) is 91.4 Å². The van der Waals surface area contributed by atoms with Crippen LogP contribution in [-0.2, 0) is 14.8 Å². The molecular weight excluding hydrogens is 372 g/mol. The number of nitrogens with one attached hydrogen (secondary N) is 2. The van der Waals surface area contributed by atoms with Gasteiger partial charge in [-0.25, -0.2) is 13.4 Å². The first-order valence-electron chi connectivity index (χ1n) is 8.41. The molecule has 9 heteroatoms. The van der Waals surface area contributed by atoms with E-state index in [0.29, 0.717) is 23.8 Å². The number of thiazole rings is 1. The Labute approximate surface area is 158 Å². The van der Waals surface area contributed by atoms with Crippen molar-refractivity contribution >= 4 is 38.1 Å². The summed E-state index contributed by atoms with van der Waals surface area (Å²) in [6.07, 6.45) is 4.17. The maximum Gasteiger partial charge on any atom is 0.263 e. The Hall–Kier alpha value is -1.97. The number of hydrogen-bond donors (Lipinski definition) is 2. The Morgan fingerprint density at radius 3 is 2.58 bits per heavy atom. The molecule has 0 saturated carbocycles. The molecule has 0 aliphatic carbocycles. The Kier molecular flexibility index (Phi) is 7.55. The van der Waals surface area contributed by atoms with Gasteiger partial charge in [0.25, 0.3) is 10.0 Å². The van der Waals surface area contributed by atoms with E-state index in [1.807, 2.05) is 7.05 Å². The summed E-state index contributed by atoms with van der Waals surface area (Å²) in [7, 11) is -1.68. The lowest BCUT2D eigenvalue weighted by molar-refractivity contribution is -0.116. The highest BCUT2D eigenvalue weighted by molar-refractivity contribution is 7.93. The molecule has 142 valence electrons. The fourth-order valence-electron chi connectivity index (χ4n) is 2.22. The zero-order chi connectivity index (χ0) is 19.0. The molecule has 1 amide bonds. The summed E-state index contributed by atoms with van der Waals surface area (Å²) in [5, 5.41) is 4.79. The Morgan fingerprint density at radius 1 is 1.23 bits per heavy atom. The van der Waals surface area contributed by atoms with Gasteiger partial charge in [0.2, 0.25) is 5.91 Å². The smallest absolute Gasteiger partial charge is 0.263 e. The van der Waals surface area contributed by atoms with E-state index in [0.717, 1.165) is 19.4 Å². The summed E-state index contributed by atoms with van der Waals surface area (Å²) >= 11 is 1.21.